The Kier molecular flexibility index (Phi) is 4.14. The number of rotatable bonds is 4. The minimum absolute atomic E-state index is 0.0565. The maximum Gasteiger partial charge on any atom is 0.310 e. The van der Waals surface area contributed by atoms with E-state index in [1.807, 2.05) is 6.92 Å². The first-order chi connectivity index (χ1) is 7.78. The number of aliphatic carboxylic acids is 1. The lowest BCUT2D eigenvalue weighted by Crippen LogP contribution is -2.51. The smallest absolute Gasteiger partial charge is 0.310 e. The van der Waals surface area contributed by atoms with Gasteiger partial charge in [0, 0.05) is 13.1 Å². The largest absolute Gasteiger partial charge is 0.481 e. The molecule has 5 nitrogen and oxygen atoms in total. The lowest BCUT2D eigenvalue weighted by atomic mass is 9.81. The van der Waals surface area contributed by atoms with E-state index in [1.165, 1.54) is 0 Å². The van der Waals surface area contributed by atoms with Gasteiger partial charge in [-0.15, -0.1) is 0 Å². The van der Waals surface area contributed by atoms with E-state index < -0.39 is 16.8 Å². The van der Waals surface area contributed by atoms with Gasteiger partial charge in [-0.1, -0.05) is 0 Å². The molecule has 5 heteroatoms. The zero-order valence-corrected chi connectivity index (χ0v) is 10.8. The molecule has 0 aromatic carbocycles. The third kappa shape index (κ3) is 3.43. The summed E-state index contributed by atoms with van der Waals surface area (Å²) in [5.41, 5.74) is -1.33. The Morgan fingerprint density at radius 1 is 1.47 bits per heavy atom. The summed E-state index contributed by atoms with van der Waals surface area (Å²) in [6, 6.07) is 0. The van der Waals surface area contributed by atoms with Gasteiger partial charge in [0.25, 0.3) is 0 Å². The lowest BCUT2D eigenvalue weighted by Gasteiger charge is -2.33. The van der Waals surface area contributed by atoms with Crippen molar-refractivity contribution in [3.63, 3.8) is 0 Å². The van der Waals surface area contributed by atoms with Crippen LogP contribution in [0.3, 0.4) is 0 Å². The van der Waals surface area contributed by atoms with E-state index in [1.54, 1.807) is 13.8 Å². The van der Waals surface area contributed by atoms with E-state index in [9.17, 15) is 9.59 Å². The van der Waals surface area contributed by atoms with Crippen molar-refractivity contribution in [1.82, 2.24) is 10.6 Å². The molecule has 3 N–H and O–H groups in total. The van der Waals surface area contributed by atoms with E-state index in [2.05, 4.69) is 10.6 Å². The molecule has 17 heavy (non-hydrogen) atoms. The highest BCUT2D eigenvalue weighted by atomic mass is 16.4. The van der Waals surface area contributed by atoms with Crippen LogP contribution in [0.1, 0.15) is 33.6 Å². The molecule has 0 aromatic rings. The van der Waals surface area contributed by atoms with Gasteiger partial charge in [-0.2, -0.15) is 0 Å². The molecule has 1 heterocycles. The molecule has 98 valence electrons. The zero-order valence-electron chi connectivity index (χ0n) is 10.8. The van der Waals surface area contributed by atoms with Gasteiger partial charge in [0.1, 0.15) is 0 Å². The van der Waals surface area contributed by atoms with Crippen LogP contribution in [0.15, 0.2) is 0 Å². The summed E-state index contributed by atoms with van der Waals surface area (Å²) in [5.74, 6) is -0.955. The second-order valence-electron chi connectivity index (χ2n) is 5.71. The first kappa shape index (κ1) is 14.0. The molecular weight excluding hydrogens is 220 g/mol. The molecule has 1 aliphatic rings. The van der Waals surface area contributed by atoms with Crippen LogP contribution in [0, 0.1) is 10.8 Å². The minimum Gasteiger partial charge on any atom is -0.481 e. The number of carbonyl (C=O) groups excluding carboxylic acids is 1. The third-order valence-corrected chi connectivity index (χ3v) is 3.42. The van der Waals surface area contributed by atoms with Crippen LogP contribution in [0.4, 0.5) is 0 Å². The number of hydrogen-bond acceptors (Lipinski definition) is 3. The van der Waals surface area contributed by atoms with Gasteiger partial charge in [0.2, 0.25) is 5.91 Å². The highest BCUT2D eigenvalue weighted by Gasteiger charge is 2.36. The van der Waals surface area contributed by atoms with Crippen molar-refractivity contribution < 1.29 is 14.7 Å². The number of hydrogen-bond donors (Lipinski definition) is 3. The van der Waals surface area contributed by atoms with E-state index in [-0.39, 0.29) is 12.5 Å². The van der Waals surface area contributed by atoms with Crippen LogP contribution >= 0.6 is 0 Å². The fourth-order valence-electron chi connectivity index (χ4n) is 1.84. The van der Waals surface area contributed by atoms with Crippen molar-refractivity contribution >= 4 is 11.9 Å². The fraction of sp³-hybridized carbons (Fsp3) is 0.833. The van der Waals surface area contributed by atoms with Crippen molar-refractivity contribution in [2.45, 2.75) is 33.6 Å². The molecule has 1 amide bonds. The molecule has 1 saturated heterocycles. The molecule has 0 aromatic heterocycles. The predicted octanol–water partition coefficient (Wildman–Crippen LogP) is 0.603. The molecule has 1 atom stereocenters. The molecule has 0 saturated carbocycles. The van der Waals surface area contributed by atoms with E-state index >= 15 is 0 Å². The van der Waals surface area contributed by atoms with Crippen LogP contribution in [0.5, 0.6) is 0 Å². The van der Waals surface area contributed by atoms with Crippen LogP contribution in [0.25, 0.3) is 0 Å². The summed E-state index contributed by atoms with van der Waals surface area (Å²) in [6.45, 7) is 6.91. The van der Waals surface area contributed by atoms with E-state index in [0.29, 0.717) is 6.54 Å². The SMILES string of the molecule is CC(C)(CNC(=O)C1(C)CCCNC1)C(=O)O. The molecule has 0 spiro atoms. The Hall–Kier alpha value is -1.10. The van der Waals surface area contributed by atoms with E-state index in [0.717, 1.165) is 19.4 Å². The predicted molar refractivity (Wildman–Crippen MR) is 64.6 cm³/mol. The normalized spacial score (nSPS) is 25.4. The Labute approximate surface area is 102 Å². The Morgan fingerprint density at radius 3 is 2.59 bits per heavy atom. The number of carbonyl (C=O) groups is 2. The Balaban J connectivity index is 2.52. The van der Waals surface area contributed by atoms with Crippen molar-refractivity contribution in [3.05, 3.63) is 0 Å². The highest BCUT2D eigenvalue weighted by molar-refractivity contribution is 5.83. The second-order valence-corrected chi connectivity index (χ2v) is 5.71. The highest BCUT2D eigenvalue weighted by Crippen LogP contribution is 2.26. The molecule has 0 bridgehead atoms. The zero-order chi connectivity index (χ0) is 13.1. The van der Waals surface area contributed by atoms with Gasteiger partial charge in [0.15, 0.2) is 0 Å². The van der Waals surface area contributed by atoms with Crippen LogP contribution in [-0.2, 0) is 9.59 Å². The minimum atomic E-state index is -0.923. The first-order valence-corrected chi connectivity index (χ1v) is 6.00. The van der Waals surface area contributed by atoms with Gasteiger partial charge in [-0.05, 0) is 40.2 Å². The van der Waals surface area contributed by atoms with Gasteiger partial charge in [0.05, 0.1) is 10.8 Å². The van der Waals surface area contributed by atoms with E-state index in [4.69, 9.17) is 5.11 Å². The van der Waals surface area contributed by atoms with Crippen LogP contribution in [0.2, 0.25) is 0 Å². The lowest BCUT2D eigenvalue weighted by molar-refractivity contribution is -0.147. The summed E-state index contributed by atoms with van der Waals surface area (Å²) in [6.07, 6.45) is 1.82. The summed E-state index contributed by atoms with van der Waals surface area (Å²) >= 11 is 0. The van der Waals surface area contributed by atoms with Crippen molar-refractivity contribution in [2.24, 2.45) is 10.8 Å². The first-order valence-electron chi connectivity index (χ1n) is 6.00. The molecule has 1 unspecified atom stereocenters. The van der Waals surface area contributed by atoms with Crippen LogP contribution in [-0.4, -0.2) is 36.6 Å². The molecule has 0 aliphatic carbocycles. The third-order valence-electron chi connectivity index (χ3n) is 3.42. The number of nitrogens with one attached hydrogen (secondary N) is 2. The summed E-state index contributed by atoms with van der Waals surface area (Å²) in [5, 5.41) is 14.9. The maximum atomic E-state index is 12.0. The molecule has 1 rings (SSSR count). The number of carboxylic acid groups (broad SMARTS) is 1. The molecule has 0 radical (unpaired) electrons. The molecule has 1 aliphatic heterocycles. The standard InChI is InChI=1S/C12H22N2O3/c1-11(2,10(16)17)7-14-9(15)12(3)5-4-6-13-8-12/h13H,4-8H2,1-3H3,(H,14,15)(H,16,17). The average Bonchev–Trinajstić information content (AvgIpc) is 2.26. The van der Waals surface area contributed by atoms with Gasteiger partial charge < -0.3 is 15.7 Å². The van der Waals surface area contributed by atoms with Gasteiger partial charge >= 0.3 is 5.97 Å². The maximum absolute atomic E-state index is 12.0. The number of carboxylic acids is 1. The quantitative estimate of drug-likeness (QED) is 0.674. The number of piperidine rings is 1. The molecular formula is C12H22N2O3. The Bertz CT molecular complexity index is 307. The van der Waals surface area contributed by atoms with Crippen molar-refractivity contribution in [1.29, 1.82) is 0 Å². The van der Waals surface area contributed by atoms with Gasteiger partial charge in [-0.25, -0.2) is 0 Å². The Morgan fingerprint density at radius 2 is 2.12 bits per heavy atom. The fourth-order valence-corrected chi connectivity index (χ4v) is 1.84. The van der Waals surface area contributed by atoms with Crippen molar-refractivity contribution in [3.8, 4) is 0 Å². The van der Waals surface area contributed by atoms with Crippen LogP contribution < -0.4 is 10.6 Å². The average molecular weight is 242 g/mol. The molecule has 1 fully saturated rings. The number of amides is 1. The summed E-state index contributed by atoms with van der Waals surface area (Å²) < 4.78 is 0. The van der Waals surface area contributed by atoms with Gasteiger partial charge in [-0.3, -0.25) is 9.59 Å². The summed E-state index contributed by atoms with van der Waals surface area (Å²) in [4.78, 5) is 23.0. The topological polar surface area (TPSA) is 78.4 Å². The monoisotopic (exact) mass is 242 g/mol. The second kappa shape index (κ2) is 5.04. The summed E-state index contributed by atoms with van der Waals surface area (Å²) in [7, 11) is 0. The van der Waals surface area contributed by atoms with Crippen molar-refractivity contribution in [2.75, 3.05) is 19.6 Å².